The first-order valence-corrected chi connectivity index (χ1v) is 6.68. The normalized spacial score (nSPS) is 10.6. The van der Waals surface area contributed by atoms with Gasteiger partial charge >= 0.3 is 0 Å². The maximum atomic E-state index is 5.10. The highest BCUT2D eigenvalue weighted by Gasteiger charge is 2.09. The minimum absolute atomic E-state index is 0.800. The van der Waals surface area contributed by atoms with Crippen molar-refractivity contribution in [1.29, 1.82) is 0 Å². The standard InChI is InChI=1S/C15H21N3O/c1-3-7-16-10-14-5-4-8-17-15(14)18(2)11-13-6-9-19-12-13/h4-6,8-9,12,16H,3,7,10-11H2,1-2H3. The summed E-state index contributed by atoms with van der Waals surface area (Å²) in [6.07, 6.45) is 6.45. The molecule has 2 rings (SSSR count). The molecule has 0 aliphatic carbocycles. The molecule has 0 amide bonds. The van der Waals surface area contributed by atoms with E-state index in [0.29, 0.717) is 0 Å². The first-order chi connectivity index (χ1) is 9.31. The third kappa shape index (κ3) is 3.83. The van der Waals surface area contributed by atoms with Crippen molar-refractivity contribution in [2.45, 2.75) is 26.4 Å². The molecule has 4 nitrogen and oxygen atoms in total. The Morgan fingerprint density at radius 2 is 2.26 bits per heavy atom. The fourth-order valence-electron chi connectivity index (χ4n) is 2.04. The molecule has 0 saturated heterocycles. The average Bonchev–Trinajstić information content (AvgIpc) is 2.92. The quantitative estimate of drug-likeness (QED) is 0.776. The fraction of sp³-hybridized carbons (Fsp3) is 0.400. The fourth-order valence-corrected chi connectivity index (χ4v) is 2.04. The third-order valence-electron chi connectivity index (χ3n) is 2.97. The summed E-state index contributed by atoms with van der Waals surface area (Å²) in [5.74, 6) is 1.02. The zero-order chi connectivity index (χ0) is 13.5. The van der Waals surface area contributed by atoms with Crippen LogP contribution in [0.25, 0.3) is 0 Å². The molecular formula is C15H21N3O. The van der Waals surface area contributed by atoms with Gasteiger partial charge in [0.25, 0.3) is 0 Å². The summed E-state index contributed by atoms with van der Waals surface area (Å²) in [6, 6.07) is 6.09. The molecule has 0 aliphatic rings. The van der Waals surface area contributed by atoms with Crippen molar-refractivity contribution < 1.29 is 4.42 Å². The Labute approximate surface area is 114 Å². The summed E-state index contributed by atoms with van der Waals surface area (Å²) in [5, 5.41) is 3.42. The van der Waals surface area contributed by atoms with Crippen LogP contribution in [0.4, 0.5) is 5.82 Å². The van der Waals surface area contributed by atoms with E-state index < -0.39 is 0 Å². The summed E-state index contributed by atoms with van der Waals surface area (Å²) in [7, 11) is 2.05. The first-order valence-electron chi connectivity index (χ1n) is 6.68. The molecule has 0 spiro atoms. The monoisotopic (exact) mass is 259 g/mol. The molecule has 0 fully saturated rings. The van der Waals surface area contributed by atoms with E-state index in [1.165, 1.54) is 5.56 Å². The maximum absolute atomic E-state index is 5.10. The van der Waals surface area contributed by atoms with E-state index in [9.17, 15) is 0 Å². The van der Waals surface area contributed by atoms with Crippen LogP contribution < -0.4 is 10.2 Å². The van der Waals surface area contributed by atoms with Gasteiger partial charge < -0.3 is 14.6 Å². The van der Waals surface area contributed by atoms with Crippen LogP contribution in [0, 0.1) is 0 Å². The Balaban J connectivity index is 2.05. The Bertz CT molecular complexity index is 482. The van der Waals surface area contributed by atoms with Crippen LogP contribution in [-0.4, -0.2) is 18.6 Å². The van der Waals surface area contributed by atoms with Gasteiger partial charge in [-0.05, 0) is 25.1 Å². The van der Waals surface area contributed by atoms with Gasteiger partial charge in [-0.15, -0.1) is 0 Å². The lowest BCUT2D eigenvalue weighted by Crippen LogP contribution is -2.22. The summed E-state index contributed by atoms with van der Waals surface area (Å²) >= 11 is 0. The number of pyridine rings is 1. The van der Waals surface area contributed by atoms with Crippen LogP contribution in [-0.2, 0) is 13.1 Å². The highest BCUT2D eigenvalue weighted by atomic mass is 16.3. The second kappa shape index (κ2) is 6.95. The molecule has 0 unspecified atom stereocenters. The van der Waals surface area contributed by atoms with Crippen molar-refractivity contribution in [1.82, 2.24) is 10.3 Å². The third-order valence-corrected chi connectivity index (χ3v) is 2.97. The zero-order valence-corrected chi connectivity index (χ0v) is 11.6. The molecule has 2 aromatic heterocycles. The predicted molar refractivity (Wildman–Crippen MR) is 77.0 cm³/mol. The van der Waals surface area contributed by atoms with Gasteiger partial charge in [-0.1, -0.05) is 13.0 Å². The Hall–Kier alpha value is -1.81. The van der Waals surface area contributed by atoms with Crippen LogP contribution in [0.2, 0.25) is 0 Å². The van der Waals surface area contributed by atoms with Crippen LogP contribution in [0.1, 0.15) is 24.5 Å². The molecule has 0 aromatic carbocycles. The smallest absolute Gasteiger partial charge is 0.133 e. The SMILES string of the molecule is CCCNCc1cccnc1N(C)Cc1ccoc1. The van der Waals surface area contributed by atoms with Gasteiger partial charge in [-0.25, -0.2) is 4.98 Å². The van der Waals surface area contributed by atoms with E-state index in [-0.39, 0.29) is 0 Å². The van der Waals surface area contributed by atoms with E-state index in [2.05, 4.69) is 35.2 Å². The Morgan fingerprint density at radius 1 is 1.37 bits per heavy atom. The van der Waals surface area contributed by atoms with Gasteiger partial charge in [0.1, 0.15) is 5.82 Å². The highest BCUT2D eigenvalue weighted by molar-refractivity contribution is 5.46. The molecule has 102 valence electrons. The number of furan rings is 1. The molecule has 1 N–H and O–H groups in total. The molecule has 2 heterocycles. The minimum Gasteiger partial charge on any atom is -0.472 e. The van der Waals surface area contributed by atoms with E-state index in [1.54, 1.807) is 12.5 Å². The van der Waals surface area contributed by atoms with Crippen molar-refractivity contribution >= 4 is 5.82 Å². The maximum Gasteiger partial charge on any atom is 0.133 e. The number of rotatable bonds is 7. The summed E-state index contributed by atoms with van der Waals surface area (Å²) in [6.45, 7) is 4.85. The molecule has 0 aliphatic heterocycles. The molecule has 0 atom stereocenters. The van der Waals surface area contributed by atoms with Gasteiger partial charge in [-0.2, -0.15) is 0 Å². The molecule has 19 heavy (non-hydrogen) atoms. The average molecular weight is 259 g/mol. The molecular weight excluding hydrogens is 238 g/mol. The van der Waals surface area contributed by atoms with E-state index in [0.717, 1.165) is 37.4 Å². The van der Waals surface area contributed by atoms with Crippen molar-refractivity contribution in [2.75, 3.05) is 18.5 Å². The number of anilines is 1. The number of hydrogen-bond donors (Lipinski definition) is 1. The second-order valence-electron chi connectivity index (χ2n) is 4.65. The van der Waals surface area contributed by atoms with E-state index in [1.807, 2.05) is 18.3 Å². The van der Waals surface area contributed by atoms with Gasteiger partial charge in [0.2, 0.25) is 0 Å². The van der Waals surface area contributed by atoms with Gasteiger partial charge in [0.05, 0.1) is 12.5 Å². The van der Waals surface area contributed by atoms with Crippen LogP contribution in [0.3, 0.4) is 0 Å². The number of hydrogen-bond acceptors (Lipinski definition) is 4. The highest BCUT2D eigenvalue weighted by Crippen LogP contribution is 2.18. The number of nitrogens with zero attached hydrogens (tertiary/aromatic N) is 2. The molecule has 0 saturated carbocycles. The number of aromatic nitrogens is 1. The topological polar surface area (TPSA) is 41.3 Å². The zero-order valence-electron chi connectivity index (χ0n) is 11.6. The molecule has 2 aromatic rings. The first kappa shape index (κ1) is 13.6. The van der Waals surface area contributed by atoms with Gasteiger partial charge in [0, 0.05) is 37.5 Å². The number of nitrogens with one attached hydrogen (secondary N) is 1. The lowest BCUT2D eigenvalue weighted by Gasteiger charge is -2.20. The lowest BCUT2D eigenvalue weighted by atomic mass is 10.2. The van der Waals surface area contributed by atoms with Crippen molar-refractivity contribution in [3.63, 3.8) is 0 Å². The summed E-state index contributed by atoms with van der Waals surface area (Å²) in [5.41, 5.74) is 2.38. The largest absolute Gasteiger partial charge is 0.472 e. The van der Waals surface area contributed by atoms with E-state index in [4.69, 9.17) is 4.42 Å². The minimum atomic E-state index is 0.800. The molecule has 0 bridgehead atoms. The van der Waals surface area contributed by atoms with Crippen LogP contribution in [0.15, 0.2) is 41.3 Å². The molecule has 4 heteroatoms. The van der Waals surface area contributed by atoms with Crippen molar-refractivity contribution in [3.05, 3.63) is 48.0 Å². The predicted octanol–water partition coefficient (Wildman–Crippen LogP) is 2.81. The van der Waals surface area contributed by atoms with E-state index >= 15 is 0 Å². The Kier molecular flexibility index (Phi) is 4.98. The summed E-state index contributed by atoms with van der Waals surface area (Å²) < 4.78 is 5.10. The van der Waals surface area contributed by atoms with Gasteiger partial charge in [-0.3, -0.25) is 0 Å². The molecule has 0 radical (unpaired) electrons. The van der Waals surface area contributed by atoms with Crippen LogP contribution >= 0.6 is 0 Å². The summed E-state index contributed by atoms with van der Waals surface area (Å²) in [4.78, 5) is 6.64. The Morgan fingerprint density at radius 3 is 3.00 bits per heavy atom. The van der Waals surface area contributed by atoms with Crippen molar-refractivity contribution in [2.24, 2.45) is 0 Å². The lowest BCUT2D eigenvalue weighted by molar-refractivity contribution is 0.563. The second-order valence-corrected chi connectivity index (χ2v) is 4.65. The van der Waals surface area contributed by atoms with Gasteiger partial charge in [0.15, 0.2) is 0 Å². The van der Waals surface area contributed by atoms with Crippen LogP contribution in [0.5, 0.6) is 0 Å². The van der Waals surface area contributed by atoms with Crippen molar-refractivity contribution in [3.8, 4) is 0 Å².